The highest BCUT2D eigenvalue weighted by Gasteiger charge is 2.30. The van der Waals surface area contributed by atoms with Gasteiger partial charge in [0.25, 0.3) is 5.91 Å². The number of carbonyl (C=O) groups is 2. The molecule has 1 aliphatic rings. The monoisotopic (exact) mass is 385 g/mol. The maximum Gasteiger partial charge on any atom is 0.266 e. The third kappa shape index (κ3) is 5.11. The summed E-state index contributed by atoms with van der Waals surface area (Å²) in [5.74, 6) is -0.276. The van der Waals surface area contributed by atoms with Crippen molar-refractivity contribution in [2.24, 2.45) is 4.99 Å². The largest absolute Gasteiger partial charge is 0.505 e. The number of hydrogen-bond acceptors (Lipinski definition) is 6. The second-order valence-electron chi connectivity index (χ2n) is 5.41. The molecule has 2 amide bonds. The van der Waals surface area contributed by atoms with Gasteiger partial charge in [0.15, 0.2) is 10.9 Å². The topological polar surface area (TPSA) is 91.2 Å². The van der Waals surface area contributed by atoms with E-state index < -0.39 is 0 Å². The van der Waals surface area contributed by atoms with Crippen molar-refractivity contribution in [2.45, 2.75) is 0 Å². The molecule has 1 fully saturated rings. The van der Waals surface area contributed by atoms with Gasteiger partial charge in [-0.1, -0.05) is 13.2 Å². The molecule has 2 rings (SSSR count). The van der Waals surface area contributed by atoms with Gasteiger partial charge in [0, 0.05) is 12.7 Å². The number of ether oxygens (including phenoxy) is 1. The molecule has 0 aromatic heterocycles. The minimum absolute atomic E-state index is 0.165. The fourth-order valence-electron chi connectivity index (χ4n) is 2.10. The molecule has 0 bridgehead atoms. The van der Waals surface area contributed by atoms with Gasteiger partial charge in [-0.25, -0.2) is 4.99 Å². The zero-order valence-electron chi connectivity index (χ0n) is 14.9. The van der Waals surface area contributed by atoms with Crippen molar-refractivity contribution in [2.75, 3.05) is 19.5 Å². The Morgan fingerprint density at radius 3 is 2.56 bits per heavy atom. The summed E-state index contributed by atoms with van der Waals surface area (Å²) in [7, 11) is 3.03. The predicted molar refractivity (Wildman–Crippen MR) is 108 cm³/mol. The zero-order chi connectivity index (χ0) is 20.0. The standard InChI is InChI=1S/C19H19N3O4S/c1-12(9-16(26-4)13(2)24)10-17-18(25)22(3)19(27-17)21-15-7-5-14(6-8-15)20-11-23/h5-11,24H,1-2H2,3-4H3,(H,20,23)/b16-9+,17-10+,21-19?. The molecular formula is C19H19N3O4S. The van der Waals surface area contributed by atoms with E-state index in [9.17, 15) is 14.7 Å². The van der Waals surface area contributed by atoms with Gasteiger partial charge in [-0.05, 0) is 53.8 Å². The van der Waals surface area contributed by atoms with Crippen LogP contribution < -0.4 is 5.32 Å². The van der Waals surface area contributed by atoms with Crippen LogP contribution in [-0.2, 0) is 14.3 Å². The highest BCUT2D eigenvalue weighted by atomic mass is 32.2. The number of amidine groups is 1. The van der Waals surface area contributed by atoms with Crippen molar-refractivity contribution in [1.82, 2.24) is 4.90 Å². The number of benzene rings is 1. The van der Waals surface area contributed by atoms with Gasteiger partial charge < -0.3 is 15.2 Å². The molecule has 8 heteroatoms. The van der Waals surface area contributed by atoms with Crippen molar-refractivity contribution in [3.8, 4) is 0 Å². The number of nitrogens with one attached hydrogen (secondary N) is 1. The quantitative estimate of drug-likeness (QED) is 0.324. The summed E-state index contributed by atoms with van der Waals surface area (Å²) in [6.07, 6.45) is 3.67. The third-order valence-electron chi connectivity index (χ3n) is 3.46. The van der Waals surface area contributed by atoms with E-state index >= 15 is 0 Å². The lowest BCUT2D eigenvalue weighted by molar-refractivity contribution is -0.121. The van der Waals surface area contributed by atoms with E-state index in [1.54, 1.807) is 37.4 Å². The number of methoxy groups -OCH3 is 1. The summed E-state index contributed by atoms with van der Waals surface area (Å²) in [5, 5.41) is 12.5. The number of anilines is 1. The molecule has 1 aromatic carbocycles. The van der Waals surface area contributed by atoms with Crippen molar-refractivity contribution >= 4 is 40.6 Å². The predicted octanol–water partition coefficient (Wildman–Crippen LogP) is 3.49. The molecule has 7 nitrogen and oxygen atoms in total. The normalized spacial score (nSPS) is 17.3. The summed E-state index contributed by atoms with van der Waals surface area (Å²) in [6.45, 7) is 7.23. The Morgan fingerprint density at radius 1 is 1.33 bits per heavy atom. The first kappa shape index (κ1) is 20.1. The third-order valence-corrected chi connectivity index (χ3v) is 4.52. The number of carbonyl (C=O) groups excluding carboxylic acids is 2. The van der Waals surface area contributed by atoms with E-state index in [2.05, 4.69) is 23.5 Å². The minimum Gasteiger partial charge on any atom is -0.505 e. The Hall–Kier alpha value is -3.26. The SMILES string of the molecule is C=C(/C=C(/OC)C(=C)O)/C=C1/SC(=Nc2ccc(NC=O)cc2)N(C)C1=O. The van der Waals surface area contributed by atoms with Gasteiger partial charge in [0.1, 0.15) is 5.76 Å². The smallest absolute Gasteiger partial charge is 0.266 e. The number of allylic oxidation sites excluding steroid dienone is 3. The fraction of sp³-hybridized carbons (Fsp3) is 0.105. The molecule has 0 aliphatic carbocycles. The van der Waals surface area contributed by atoms with Crippen LogP contribution in [0.15, 0.2) is 76.6 Å². The van der Waals surface area contributed by atoms with E-state index in [0.29, 0.717) is 33.4 Å². The lowest BCUT2D eigenvalue weighted by atomic mass is 10.2. The van der Waals surface area contributed by atoms with Gasteiger partial charge >= 0.3 is 0 Å². The number of thioether (sulfide) groups is 1. The van der Waals surface area contributed by atoms with Crippen LogP contribution in [0.2, 0.25) is 0 Å². The van der Waals surface area contributed by atoms with E-state index in [0.717, 1.165) is 0 Å². The molecule has 1 aromatic rings. The van der Waals surface area contributed by atoms with Crippen LogP contribution in [0.3, 0.4) is 0 Å². The molecule has 0 atom stereocenters. The number of hydrogen-bond donors (Lipinski definition) is 2. The van der Waals surface area contributed by atoms with E-state index in [1.807, 2.05) is 0 Å². The summed E-state index contributed by atoms with van der Waals surface area (Å²) in [6, 6.07) is 6.90. The minimum atomic E-state index is -0.227. The molecule has 140 valence electrons. The number of likely N-dealkylation sites (N-methyl/N-ethyl adjacent to an activating group) is 1. The lowest BCUT2D eigenvalue weighted by Crippen LogP contribution is -2.23. The fourth-order valence-corrected chi connectivity index (χ4v) is 3.10. The van der Waals surface area contributed by atoms with Gasteiger partial charge in [-0.15, -0.1) is 0 Å². The maximum atomic E-state index is 12.4. The number of amides is 2. The first-order valence-corrected chi connectivity index (χ1v) is 8.56. The van der Waals surface area contributed by atoms with Crippen molar-refractivity contribution in [1.29, 1.82) is 0 Å². The summed E-state index contributed by atoms with van der Waals surface area (Å²) in [5.41, 5.74) is 1.77. The highest BCUT2D eigenvalue weighted by molar-refractivity contribution is 8.18. The van der Waals surface area contributed by atoms with Crippen LogP contribution in [0.4, 0.5) is 11.4 Å². The molecule has 1 saturated heterocycles. The van der Waals surface area contributed by atoms with E-state index in [4.69, 9.17) is 4.74 Å². The first-order chi connectivity index (χ1) is 12.8. The van der Waals surface area contributed by atoms with Gasteiger partial charge in [0.05, 0.1) is 17.7 Å². The van der Waals surface area contributed by atoms with Crippen molar-refractivity contribution in [3.05, 3.63) is 71.6 Å². The molecule has 0 radical (unpaired) electrons. The van der Waals surface area contributed by atoms with E-state index in [-0.39, 0.29) is 17.4 Å². The van der Waals surface area contributed by atoms with Crippen LogP contribution in [0, 0.1) is 0 Å². The Morgan fingerprint density at radius 2 is 2.00 bits per heavy atom. The van der Waals surface area contributed by atoms with Crippen LogP contribution in [-0.4, -0.2) is 41.6 Å². The number of rotatable bonds is 7. The molecule has 1 heterocycles. The Labute approximate surface area is 161 Å². The molecule has 0 spiro atoms. The average Bonchev–Trinajstić information content (AvgIpc) is 2.89. The highest BCUT2D eigenvalue weighted by Crippen LogP contribution is 2.32. The number of aliphatic hydroxyl groups is 1. The van der Waals surface area contributed by atoms with Gasteiger partial charge in [0.2, 0.25) is 6.41 Å². The first-order valence-electron chi connectivity index (χ1n) is 7.75. The Bertz CT molecular complexity index is 869. The second kappa shape index (κ2) is 8.91. The van der Waals surface area contributed by atoms with Crippen molar-refractivity contribution < 1.29 is 19.4 Å². The summed E-state index contributed by atoms with van der Waals surface area (Å²) < 4.78 is 4.99. The maximum absolute atomic E-state index is 12.4. The molecule has 27 heavy (non-hydrogen) atoms. The average molecular weight is 385 g/mol. The van der Waals surface area contributed by atoms with Crippen LogP contribution in [0.5, 0.6) is 0 Å². The number of aliphatic hydroxyl groups excluding tert-OH is 1. The summed E-state index contributed by atoms with van der Waals surface area (Å²) in [4.78, 5) is 29.2. The molecule has 0 unspecified atom stereocenters. The van der Waals surface area contributed by atoms with Crippen LogP contribution in [0.1, 0.15) is 0 Å². The van der Waals surface area contributed by atoms with Crippen LogP contribution >= 0.6 is 11.8 Å². The molecule has 2 N–H and O–H groups in total. The Balaban J connectivity index is 2.21. The molecule has 1 aliphatic heterocycles. The van der Waals surface area contributed by atoms with Crippen LogP contribution in [0.25, 0.3) is 0 Å². The lowest BCUT2D eigenvalue weighted by Gasteiger charge is -2.07. The zero-order valence-corrected chi connectivity index (χ0v) is 15.7. The van der Waals surface area contributed by atoms with Gasteiger partial charge in [-0.3, -0.25) is 14.5 Å². The number of aliphatic imine (C=N–C) groups is 1. The molecule has 0 saturated carbocycles. The van der Waals surface area contributed by atoms with Gasteiger partial charge in [-0.2, -0.15) is 0 Å². The molecular weight excluding hydrogens is 366 g/mol. The number of nitrogens with zero attached hydrogens (tertiary/aromatic N) is 2. The van der Waals surface area contributed by atoms with Crippen molar-refractivity contribution in [3.63, 3.8) is 0 Å². The Kier molecular flexibility index (Phi) is 6.62. The second-order valence-corrected chi connectivity index (χ2v) is 6.42. The summed E-state index contributed by atoms with van der Waals surface area (Å²) >= 11 is 1.21. The van der Waals surface area contributed by atoms with E-state index in [1.165, 1.54) is 29.8 Å².